The zero-order valence-corrected chi connectivity index (χ0v) is 26.7. The van der Waals surface area contributed by atoms with Gasteiger partial charge in [-0.15, -0.1) is 0 Å². The molecule has 224 valence electrons. The number of benzene rings is 7. The Hall–Kier alpha value is -6.02. The van der Waals surface area contributed by atoms with Gasteiger partial charge >= 0.3 is 0 Å². The summed E-state index contributed by atoms with van der Waals surface area (Å²) in [4.78, 5) is 7.24. The molecule has 7 aromatic rings. The van der Waals surface area contributed by atoms with E-state index in [-0.39, 0.29) is 0 Å². The van der Waals surface area contributed by atoms with Crippen LogP contribution in [0.5, 0.6) is 0 Å². The first-order chi connectivity index (χ1) is 23.8. The van der Waals surface area contributed by atoms with Gasteiger partial charge in [0.2, 0.25) is 0 Å². The lowest BCUT2D eigenvalue weighted by molar-refractivity contribution is 0.751. The maximum Gasteiger partial charge on any atom is 0.0991 e. The van der Waals surface area contributed by atoms with Gasteiger partial charge < -0.3 is 9.80 Å². The fraction of sp³-hybridized carbons (Fsp3) is 0.0227. The fourth-order valence-corrected chi connectivity index (χ4v) is 9.43. The van der Waals surface area contributed by atoms with Crippen molar-refractivity contribution in [2.45, 2.75) is 15.2 Å². The van der Waals surface area contributed by atoms with Gasteiger partial charge in [-0.1, -0.05) is 109 Å². The van der Waals surface area contributed by atoms with Gasteiger partial charge in [0.1, 0.15) is 0 Å². The molecule has 10 rings (SSSR count). The molecule has 0 aromatic heterocycles. The van der Waals surface area contributed by atoms with Crippen molar-refractivity contribution in [1.29, 1.82) is 5.26 Å². The summed E-state index contributed by atoms with van der Waals surface area (Å²) in [6.45, 7) is 0. The summed E-state index contributed by atoms with van der Waals surface area (Å²) >= 11 is 1.86. The van der Waals surface area contributed by atoms with Crippen molar-refractivity contribution >= 4 is 45.9 Å². The van der Waals surface area contributed by atoms with Crippen LogP contribution in [-0.4, -0.2) is 0 Å². The van der Waals surface area contributed by atoms with Crippen LogP contribution in [0.2, 0.25) is 0 Å². The molecule has 0 unspecified atom stereocenters. The molecular formula is C44H27N3S. The first-order valence-electron chi connectivity index (χ1n) is 16.2. The van der Waals surface area contributed by atoms with Crippen LogP contribution in [-0.2, 0) is 5.41 Å². The predicted octanol–water partition coefficient (Wildman–Crippen LogP) is 11.6. The maximum absolute atomic E-state index is 9.52. The Balaban J connectivity index is 1.29. The van der Waals surface area contributed by atoms with E-state index in [1.165, 1.54) is 54.5 Å². The predicted molar refractivity (Wildman–Crippen MR) is 196 cm³/mol. The Labute approximate surface area is 284 Å². The van der Waals surface area contributed by atoms with E-state index in [0.717, 1.165) is 22.7 Å². The van der Waals surface area contributed by atoms with Gasteiger partial charge in [-0.05, 0) is 94.5 Å². The Morgan fingerprint density at radius 1 is 0.458 bits per heavy atom. The maximum atomic E-state index is 9.52. The van der Waals surface area contributed by atoms with Crippen molar-refractivity contribution in [2.24, 2.45) is 0 Å². The summed E-state index contributed by atoms with van der Waals surface area (Å²) in [5.41, 5.74) is 14.8. The van der Waals surface area contributed by atoms with Crippen molar-refractivity contribution in [1.82, 2.24) is 0 Å². The molecule has 2 aliphatic heterocycles. The molecule has 0 amide bonds. The van der Waals surface area contributed by atoms with E-state index in [1.54, 1.807) is 0 Å². The van der Waals surface area contributed by atoms with Gasteiger partial charge in [0, 0.05) is 26.7 Å². The number of rotatable bonds is 2. The zero-order chi connectivity index (χ0) is 31.8. The van der Waals surface area contributed by atoms with Crippen LogP contribution in [0.25, 0.3) is 11.1 Å². The molecule has 0 saturated carbocycles. The lowest BCUT2D eigenvalue weighted by atomic mass is 9.64. The molecule has 0 fully saturated rings. The van der Waals surface area contributed by atoms with E-state index in [0.29, 0.717) is 5.56 Å². The Morgan fingerprint density at radius 3 is 1.73 bits per heavy atom. The summed E-state index contributed by atoms with van der Waals surface area (Å²) in [6.07, 6.45) is 0. The molecule has 2 heterocycles. The molecule has 48 heavy (non-hydrogen) atoms. The second kappa shape index (κ2) is 10.2. The molecular weight excluding hydrogens is 603 g/mol. The van der Waals surface area contributed by atoms with Crippen LogP contribution in [0.1, 0.15) is 27.8 Å². The lowest BCUT2D eigenvalue weighted by Crippen LogP contribution is -2.36. The number of nitriles is 1. The quantitative estimate of drug-likeness (QED) is 0.190. The molecule has 1 spiro atoms. The first kappa shape index (κ1) is 27.1. The smallest absolute Gasteiger partial charge is 0.0991 e. The minimum absolute atomic E-state index is 0.504. The average molecular weight is 630 g/mol. The number of anilines is 6. The summed E-state index contributed by atoms with van der Waals surface area (Å²) in [7, 11) is 0. The molecule has 0 saturated heterocycles. The lowest BCUT2D eigenvalue weighted by Gasteiger charge is -2.45. The van der Waals surface area contributed by atoms with Crippen molar-refractivity contribution in [3.63, 3.8) is 0 Å². The third kappa shape index (κ3) is 3.54. The highest BCUT2D eigenvalue weighted by Gasteiger charge is 2.52. The standard InChI is InChI=1S/C44H27N3S/c45-28-29-22-24-31(25-23-29)47-39-20-10-11-21-41(39)48-43-40(47)27-26-36-42(43)32-14-4-5-15-33(32)44(36)34-16-6-8-18-37(34)46(30-12-2-1-3-13-30)38-19-9-7-17-35(38)44/h1-27H. The molecule has 3 aliphatic rings. The highest BCUT2D eigenvalue weighted by molar-refractivity contribution is 8.00. The Kier molecular flexibility index (Phi) is 5.79. The van der Waals surface area contributed by atoms with Crippen molar-refractivity contribution in [2.75, 3.05) is 9.80 Å². The van der Waals surface area contributed by atoms with Gasteiger partial charge in [-0.25, -0.2) is 0 Å². The zero-order valence-electron chi connectivity index (χ0n) is 25.8. The molecule has 0 N–H and O–H groups in total. The number of nitrogens with zero attached hydrogens (tertiary/aromatic N) is 3. The van der Waals surface area contributed by atoms with Gasteiger partial charge in [-0.3, -0.25) is 0 Å². The van der Waals surface area contributed by atoms with Crippen LogP contribution < -0.4 is 9.80 Å². The van der Waals surface area contributed by atoms with Crippen LogP contribution in [0.3, 0.4) is 0 Å². The third-order valence-corrected chi connectivity index (χ3v) is 11.2. The van der Waals surface area contributed by atoms with E-state index >= 15 is 0 Å². The summed E-state index contributed by atoms with van der Waals surface area (Å²) in [5, 5.41) is 9.52. The van der Waals surface area contributed by atoms with Crippen molar-refractivity contribution in [3.05, 3.63) is 192 Å². The minimum Gasteiger partial charge on any atom is -0.310 e. The van der Waals surface area contributed by atoms with Gasteiger partial charge in [0.05, 0.1) is 39.8 Å². The molecule has 7 aromatic carbocycles. The van der Waals surface area contributed by atoms with Crippen molar-refractivity contribution in [3.8, 4) is 17.2 Å². The summed E-state index contributed by atoms with van der Waals surface area (Å²) in [6, 6.07) is 61.2. The number of hydrogen-bond donors (Lipinski definition) is 0. The second-order valence-electron chi connectivity index (χ2n) is 12.4. The summed E-state index contributed by atoms with van der Waals surface area (Å²) in [5.74, 6) is 0. The largest absolute Gasteiger partial charge is 0.310 e. The normalized spacial score (nSPS) is 14.2. The third-order valence-electron chi connectivity index (χ3n) is 10.1. The van der Waals surface area contributed by atoms with E-state index < -0.39 is 5.41 Å². The number of fused-ring (bicyclic) bond motifs is 12. The van der Waals surface area contributed by atoms with Crippen LogP contribution in [0.4, 0.5) is 34.1 Å². The SMILES string of the molecule is N#Cc1ccc(N2c3ccccc3Sc3c2ccc2c3-c3ccccc3C23c2ccccc2N(c2ccccc2)c2ccccc23)cc1. The monoisotopic (exact) mass is 629 g/mol. The number of para-hydroxylation sites is 4. The van der Waals surface area contributed by atoms with Gasteiger partial charge in [0.15, 0.2) is 0 Å². The van der Waals surface area contributed by atoms with Gasteiger partial charge in [-0.2, -0.15) is 5.26 Å². The molecule has 0 atom stereocenters. The highest BCUT2D eigenvalue weighted by atomic mass is 32.2. The molecule has 4 heteroatoms. The topological polar surface area (TPSA) is 30.3 Å². The van der Waals surface area contributed by atoms with E-state index in [4.69, 9.17) is 0 Å². The van der Waals surface area contributed by atoms with Crippen molar-refractivity contribution < 1.29 is 0 Å². The summed E-state index contributed by atoms with van der Waals surface area (Å²) < 4.78 is 0. The Bertz CT molecular complexity index is 2410. The van der Waals surface area contributed by atoms with E-state index in [9.17, 15) is 5.26 Å². The fourth-order valence-electron chi connectivity index (χ4n) is 8.22. The van der Waals surface area contributed by atoms with E-state index in [1.807, 2.05) is 23.9 Å². The number of hydrogen-bond acceptors (Lipinski definition) is 4. The first-order valence-corrected chi connectivity index (χ1v) is 17.0. The minimum atomic E-state index is -0.504. The Morgan fingerprint density at radius 2 is 1.02 bits per heavy atom. The molecule has 0 bridgehead atoms. The van der Waals surface area contributed by atoms with Crippen LogP contribution in [0, 0.1) is 11.3 Å². The molecule has 1 aliphatic carbocycles. The van der Waals surface area contributed by atoms with Gasteiger partial charge in [0.25, 0.3) is 0 Å². The van der Waals surface area contributed by atoms with Crippen LogP contribution >= 0.6 is 11.8 Å². The highest BCUT2D eigenvalue weighted by Crippen LogP contribution is 2.66. The van der Waals surface area contributed by atoms with Crippen LogP contribution in [0.15, 0.2) is 174 Å². The second-order valence-corrected chi connectivity index (χ2v) is 13.5. The molecule has 0 radical (unpaired) electrons. The van der Waals surface area contributed by atoms with E-state index in [2.05, 4.69) is 168 Å². The average Bonchev–Trinajstić information content (AvgIpc) is 3.46. The molecule has 3 nitrogen and oxygen atoms in total.